The van der Waals surface area contributed by atoms with E-state index in [1.165, 1.54) is 0 Å². The quantitative estimate of drug-likeness (QED) is 0.715. The van der Waals surface area contributed by atoms with Crippen LogP contribution in [0.2, 0.25) is 0 Å². The van der Waals surface area contributed by atoms with Gasteiger partial charge in [0, 0.05) is 28.4 Å². The van der Waals surface area contributed by atoms with Gasteiger partial charge in [0.05, 0.1) is 4.47 Å². The van der Waals surface area contributed by atoms with Crippen molar-refractivity contribution < 1.29 is 4.74 Å². The number of nitrogen functional groups attached to an aromatic ring is 1. The predicted octanol–water partition coefficient (Wildman–Crippen LogP) is 4.09. The van der Waals surface area contributed by atoms with Crippen LogP contribution in [0.5, 0.6) is 5.75 Å². The second-order valence-electron chi connectivity index (χ2n) is 4.30. The lowest BCUT2D eigenvalue weighted by Crippen LogP contribution is -1.96. The average molecular weight is 317 g/mol. The first-order valence-corrected chi connectivity index (χ1v) is 6.77. The van der Waals surface area contributed by atoms with Crippen molar-refractivity contribution in [3.8, 4) is 5.75 Å². The van der Waals surface area contributed by atoms with Crippen molar-refractivity contribution in [1.82, 2.24) is 4.98 Å². The molecular formula is C15H13BrN2O. The van der Waals surface area contributed by atoms with Crippen LogP contribution in [0, 0.1) is 0 Å². The van der Waals surface area contributed by atoms with E-state index in [1.807, 2.05) is 48.7 Å². The van der Waals surface area contributed by atoms with Crippen molar-refractivity contribution >= 4 is 32.5 Å². The molecule has 19 heavy (non-hydrogen) atoms. The van der Waals surface area contributed by atoms with Crippen molar-refractivity contribution in [3.63, 3.8) is 0 Å². The Kier molecular flexibility index (Phi) is 3.17. The summed E-state index contributed by atoms with van der Waals surface area (Å²) in [7, 11) is 0. The number of aromatic nitrogens is 1. The fraction of sp³-hybridized carbons (Fsp3) is 0.0667. The van der Waals surface area contributed by atoms with Gasteiger partial charge in [-0.1, -0.05) is 18.2 Å². The largest absolute Gasteiger partial charge is 0.488 e. The van der Waals surface area contributed by atoms with Gasteiger partial charge in [-0.25, -0.2) is 0 Å². The van der Waals surface area contributed by atoms with E-state index in [9.17, 15) is 0 Å². The maximum absolute atomic E-state index is 6.02. The highest BCUT2D eigenvalue weighted by Gasteiger charge is 2.08. The molecule has 2 aromatic carbocycles. The summed E-state index contributed by atoms with van der Waals surface area (Å²) in [5, 5.41) is 1.04. The van der Waals surface area contributed by atoms with Crippen LogP contribution >= 0.6 is 15.9 Å². The van der Waals surface area contributed by atoms with Crippen LogP contribution in [0.25, 0.3) is 10.9 Å². The van der Waals surface area contributed by atoms with E-state index in [0.717, 1.165) is 32.4 Å². The molecular weight excluding hydrogens is 304 g/mol. The molecule has 0 aliphatic heterocycles. The topological polar surface area (TPSA) is 51.0 Å². The summed E-state index contributed by atoms with van der Waals surface area (Å²) in [5.41, 5.74) is 8.88. The Labute approximate surface area is 119 Å². The molecule has 96 valence electrons. The number of anilines is 1. The molecule has 3 nitrogen and oxygen atoms in total. The summed E-state index contributed by atoms with van der Waals surface area (Å²) in [4.78, 5) is 3.21. The number of halogens is 1. The molecule has 0 aliphatic carbocycles. The molecule has 0 bridgehead atoms. The standard InChI is InChI=1S/C15H13BrN2O/c16-11-4-1-2-7-14(11)19-9-10-8-18-13-6-3-5-12(17)15(10)13/h1-8,18H,9,17H2. The molecule has 1 aromatic heterocycles. The van der Waals surface area contributed by atoms with E-state index in [0.29, 0.717) is 6.61 Å². The molecule has 1 heterocycles. The molecule has 3 rings (SSSR count). The lowest BCUT2D eigenvalue weighted by molar-refractivity contribution is 0.306. The number of hydrogen-bond acceptors (Lipinski definition) is 2. The lowest BCUT2D eigenvalue weighted by Gasteiger charge is -2.07. The maximum atomic E-state index is 6.02. The molecule has 0 spiro atoms. The minimum absolute atomic E-state index is 0.483. The number of nitrogens with one attached hydrogen (secondary N) is 1. The third-order valence-electron chi connectivity index (χ3n) is 3.04. The van der Waals surface area contributed by atoms with Gasteiger partial charge in [-0.3, -0.25) is 0 Å². The monoisotopic (exact) mass is 316 g/mol. The zero-order valence-electron chi connectivity index (χ0n) is 10.2. The smallest absolute Gasteiger partial charge is 0.133 e. The highest BCUT2D eigenvalue weighted by Crippen LogP contribution is 2.28. The number of nitrogens with two attached hydrogens (primary N) is 1. The Morgan fingerprint density at radius 2 is 1.95 bits per heavy atom. The fourth-order valence-corrected chi connectivity index (χ4v) is 2.52. The summed E-state index contributed by atoms with van der Waals surface area (Å²) in [6.45, 7) is 0.483. The molecule has 0 amide bonds. The van der Waals surface area contributed by atoms with Crippen molar-refractivity contribution in [2.45, 2.75) is 6.61 Å². The second-order valence-corrected chi connectivity index (χ2v) is 5.16. The molecule has 0 aliphatic rings. The van der Waals surface area contributed by atoms with Gasteiger partial charge < -0.3 is 15.5 Å². The number of fused-ring (bicyclic) bond motifs is 1. The van der Waals surface area contributed by atoms with Crippen LogP contribution in [0.3, 0.4) is 0 Å². The van der Waals surface area contributed by atoms with Gasteiger partial charge in [-0.2, -0.15) is 0 Å². The number of ether oxygens (including phenoxy) is 1. The summed E-state index contributed by atoms with van der Waals surface area (Å²) in [6, 6.07) is 13.6. The second kappa shape index (κ2) is 4.97. The first kappa shape index (κ1) is 12.1. The Hall–Kier alpha value is -1.94. The number of para-hydroxylation sites is 1. The number of aromatic amines is 1. The van der Waals surface area contributed by atoms with Crippen LogP contribution in [-0.4, -0.2) is 4.98 Å². The zero-order valence-corrected chi connectivity index (χ0v) is 11.8. The molecule has 0 radical (unpaired) electrons. The minimum Gasteiger partial charge on any atom is -0.488 e. The highest BCUT2D eigenvalue weighted by molar-refractivity contribution is 9.10. The molecule has 3 N–H and O–H groups in total. The third-order valence-corrected chi connectivity index (χ3v) is 3.69. The third kappa shape index (κ3) is 2.31. The van der Waals surface area contributed by atoms with Crippen molar-refractivity contribution in [2.24, 2.45) is 0 Å². The average Bonchev–Trinajstić information content (AvgIpc) is 2.83. The van der Waals surface area contributed by atoms with Crippen LogP contribution in [0.1, 0.15) is 5.56 Å². The van der Waals surface area contributed by atoms with Gasteiger partial charge in [0.2, 0.25) is 0 Å². The van der Waals surface area contributed by atoms with Crippen LogP contribution in [0.4, 0.5) is 5.69 Å². The van der Waals surface area contributed by atoms with E-state index >= 15 is 0 Å². The Morgan fingerprint density at radius 3 is 2.79 bits per heavy atom. The van der Waals surface area contributed by atoms with Crippen LogP contribution in [0.15, 0.2) is 53.1 Å². The van der Waals surface area contributed by atoms with Crippen LogP contribution < -0.4 is 10.5 Å². The maximum Gasteiger partial charge on any atom is 0.133 e. The number of hydrogen-bond donors (Lipinski definition) is 2. The fourth-order valence-electron chi connectivity index (χ4n) is 2.12. The molecule has 4 heteroatoms. The zero-order chi connectivity index (χ0) is 13.2. The van der Waals surface area contributed by atoms with Crippen molar-refractivity contribution in [1.29, 1.82) is 0 Å². The summed E-state index contributed by atoms with van der Waals surface area (Å²) in [5.74, 6) is 0.825. The Morgan fingerprint density at radius 1 is 1.11 bits per heavy atom. The van der Waals surface area contributed by atoms with Gasteiger partial charge in [-0.05, 0) is 40.2 Å². The van der Waals surface area contributed by atoms with E-state index in [-0.39, 0.29) is 0 Å². The minimum atomic E-state index is 0.483. The number of benzene rings is 2. The Balaban J connectivity index is 1.89. The molecule has 0 fully saturated rings. The van der Waals surface area contributed by atoms with Crippen molar-refractivity contribution in [3.05, 3.63) is 58.7 Å². The summed E-state index contributed by atoms with van der Waals surface area (Å²) >= 11 is 3.47. The van der Waals surface area contributed by atoms with E-state index < -0.39 is 0 Å². The van der Waals surface area contributed by atoms with Gasteiger partial charge in [0.15, 0.2) is 0 Å². The van der Waals surface area contributed by atoms with Gasteiger partial charge in [0.25, 0.3) is 0 Å². The first-order chi connectivity index (χ1) is 9.25. The molecule has 0 atom stereocenters. The van der Waals surface area contributed by atoms with Gasteiger partial charge >= 0.3 is 0 Å². The molecule has 3 aromatic rings. The van der Waals surface area contributed by atoms with Gasteiger partial charge in [-0.15, -0.1) is 0 Å². The number of H-pyrrole nitrogens is 1. The first-order valence-electron chi connectivity index (χ1n) is 5.97. The van der Waals surface area contributed by atoms with Gasteiger partial charge in [0.1, 0.15) is 12.4 Å². The van der Waals surface area contributed by atoms with E-state index in [4.69, 9.17) is 10.5 Å². The number of rotatable bonds is 3. The molecule has 0 saturated carbocycles. The summed E-state index contributed by atoms with van der Waals surface area (Å²) < 4.78 is 6.77. The lowest BCUT2D eigenvalue weighted by atomic mass is 10.1. The molecule has 0 unspecified atom stereocenters. The SMILES string of the molecule is Nc1cccc2[nH]cc(COc3ccccc3Br)c12. The van der Waals surface area contributed by atoms with Crippen molar-refractivity contribution in [2.75, 3.05) is 5.73 Å². The Bertz CT molecular complexity index is 721. The molecule has 0 saturated heterocycles. The van der Waals surface area contributed by atoms with E-state index in [1.54, 1.807) is 0 Å². The van der Waals surface area contributed by atoms with E-state index in [2.05, 4.69) is 20.9 Å². The normalized spacial score (nSPS) is 10.8. The predicted molar refractivity (Wildman–Crippen MR) is 81.2 cm³/mol. The summed E-state index contributed by atoms with van der Waals surface area (Å²) in [6.07, 6.45) is 1.94. The van der Waals surface area contributed by atoms with Crippen LogP contribution in [-0.2, 0) is 6.61 Å². The highest BCUT2D eigenvalue weighted by atomic mass is 79.9.